The second-order valence-electron chi connectivity index (χ2n) is 6.91. The number of carbonyl (C=O) groups excluding carboxylic acids is 1. The molecular weight excluding hydrogens is 385 g/mol. The Kier molecular flexibility index (Phi) is 4.77. The Labute approximate surface area is 164 Å². The summed E-state index contributed by atoms with van der Waals surface area (Å²) in [5.74, 6) is 0.701. The Morgan fingerprint density at radius 1 is 1.21 bits per heavy atom. The molecule has 1 aliphatic rings. The van der Waals surface area contributed by atoms with Crippen LogP contribution in [-0.2, 0) is 23.8 Å². The number of ether oxygens (including phenoxy) is 1. The van der Waals surface area contributed by atoms with E-state index in [0.717, 1.165) is 29.4 Å². The van der Waals surface area contributed by atoms with Crippen LogP contribution < -0.4 is 10.1 Å². The van der Waals surface area contributed by atoms with Crippen LogP contribution in [0.3, 0.4) is 0 Å². The highest BCUT2D eigenvalue weighted by molar-refractivity contribution is 5.93. The maximum atomic E-state index is 13.0. The summed E-state index contributed by atoms with van der Waals surface area (Å²) in [5, 5.41) is 6.16. The van der Waals surface area contributed by atoms with Crippen LogP contribution in [0.1, 0.15) is 23.7 Å². The lowest BCUT2D eigenvalue weighted by molar-refractivity contribution is -0.137. The fourth-order valence-electron chi connectivity index (χ4n) is 3.30. The first kappa shape index (κ1) is 19.0. The van der Waals surface area contributed by atoms with Gasteiger partial charge >= 0.3 is 6.18 Å². The van der Waals surface area contributed by atoms with Crippen LogP contribution in [-0.4, -0.2) is 17.2 Å². The van der Waals surface area contributed by atoms with Crippen molar-refractivity contribution >= 4 is 11.6 Å². The van der Waals surface area contributed by atoms with E-state index in [-0.39, 0.29) is 18.2 Å². The first-order valence-electron chi connectivity index (χ1n) is 9.01. The summed E-state index contributed by atoms with van der Waals surface area (Å²) >= 11 is 0. The lowest BCUT2D eigenvalue weighted by Crippen LogP contribution is -2.18. The van der Waals surface area contributed by atoms with Crippen LogP contribution in [0.4, 0.5) is 18.9 Å². The molecule has 1 aliphatic heterocycles. The summed E-state index contributed by atoms with van der Waals surface area (Å²) in [5.41, 5.74) is 0.995. The normalized spacial score (nSPS) is 15.7. The Balaban J connectivity index is 1.46. The van der Waals surface area contributed by atoms with Gasteiger partial charge in [0.2, 0.25) is 5.91 Å². The van der Waals surface area contributed by atoms with Gasteiger partial charge in [0.15, 0.2) is 5.76 Å². The van der Waals surface area contributed by atoms with Gasteiger partial charge in [0.25, 0.3) is 0 Å². The van der Waals surface area contributed by atoms with Gasteiger partial charge in [-0.15, -0.1) is 0 Å². The molecular formula is C21H17F3N2O3. The number of nitrogens with zero attached hydrogens (tertiary/aromatic N) is 1. The highest BCUT2D eigenvalue weighted by Crippen LogP contribution is 2.35. The molecule has 0 fully saturated rings. The van der Waals surface area contributed by atoms with E-state index in [1.165, 1.54) is 18.2 Å². The Hall–Kier alpha value is -3.29. The predicted molar refractivity (Wildman–Crippen MR) is 99.5 cm³/mol. The summed E-state index contributed by atoms with van der Waals surface area (Å²) in [6.07, 6.45) is -3.85. The molecule has 5 nitrogen and oxygen atoms in total. The van der Waals surface area contributed by atoms with Crippen molar-refractivity contribution in [2.24, 2.45) is 0 Å². The number of alkyl halides is 3. The van der Waals surface area contributed by atoms with Crippen molar-refractivity contribution in [1.82, 2.24) is 5.16 Å². The molecule has 0 spiro atoms. The Morgan fingerprint density at radius 2 is 2.00 bits per heavy atom. The number of halogens is 3. The maximum Gasteiger partial charge on any atom is 0.418 e. The van der Waals surface area contributed by atoms with Crippen LogP contribution in [0, 0.1) is 0 Å². The van der Waals surface area contributed by atoms with Crippen LogP contribution in [0.15, 0.2) is 53.1 Å². The number of amides is 1. The van der Waals surface area contributed by atoms with E-state index in [0.29, 0.717) is 11.5 Å². The molecule has 1 atom stereocenters. The first-order chi connectivity index (χ1) is 13.8. The van der Waals surface area contributed by atoms with Crippen LogP contribution in [0.5, 0.6) is 5.75 Å². The molecule has 1 amide bonds. The van der Waals surface area contributed by atoms with E-state index in [2.05, 4.69) is 10.5 Å². The molecule has 0 unspecified atom stereocenters. The molecule has 2 heterocycles. The van der Waals surface area contributed by atoms with Crippen molar-refractivity contribution < 1.29 is 27.2 Å². The van der Waals surface area contributed by atoms with Crippen molar-refractivity contribution in [2.45, 2.75) is 32.0 Å². The quantitative estimate of drug-likeness (QED) is 0.677. The monoisotopic (exact) mass is 402 g/mol. The number of hydrogen-bond acceptors (Lipinski definition) is 4. The molecule has 0 saturated heterocycles. The lowest BCUT2D eigenvalue weighted by atomic mass is 10.1. The number of aromatic nitrogens is 1. The van der Waals surface area contributed by atoms with Crippen molar-refractivity contribution in [3.63, 3.8) is 0 Å². The number of rotatable bonds is 4. The minimum absolute atomic E-state index is 0.119. The van der Waals surface area contributed by atoms with Gasteiger partial charge in [-0.3, -0.25) is 4.79 Å². The van der Waals surface area contributed by atoms with Crippen molar-refractivity contribution in [3.8, 4) is 17.1 Å². The summed E-state index contributed by atoms with van der Waals surface area (Å²) in [7, 11) is 0. The number of nitrogens with one attached hydrogen (secondary N) is 1. The standard InChI is InChI=1S/C21H17F3N2O3/c1-12-8-14-9-13(6-7-18(14)28-12)19-10-15(26-29-19)11-20(27)25-17-5-3-2-4-16(17)21(22,23)24/h2-7,9-10,12H,8,11H2,1H3,(H,25,27)/t12-/m1/s1. The molecule has 0 saturated carbocycles. The van der Waals surface area contributed by atoms with E-state index in [1.807, 2.05) is 25.1 Å². The molecule has 0 aliphatic carbocycles. The summed E-state index contributed by atoms with van der Waals surface area (Å²) in [6, 6.07) is 12.1. The minimum Gasteiger partial charge on any atom is -0.490 e. The number of anilines is 1. The third kappa shape index (κ3) is 4.11. The molecule has 3 aromatic rings. The van der Waals surface area contributed by atoms with E-state index in [9.17, 15) is 18.0 Å². The van der Waals surface area contributed by atoms with E-state index < -0.39 is 17.6 Å². The average molecular weight is 402 g/mol. The molecule has 150 valence electrons. The topological polar surface area (TPSA) is 64.4 Å². The van der Waals surface area contributed by atoms with Crippen LogP contribution in [0.2, 0.25) is 0 Å². The smallest absolute Gasteiger partial charge is 0.418 e. The molecule has 4 rings (SSSR count). The molecule has 1 N–H and O–H groups in total. The van der Waals surface area contributed by atoms with Gasteiger partial charge in [-0.2, -0.15) is 13.2 Å². The molecule has 0 radical (unpaired) electrons. The zero-order valence-electron chi connectivity index (χ0n) is 15.4. The molecule has 1 aromatic heterocycles. The second kappa shape index (κ2) is 7.27. The van der Waals surface area contributed by atoms with Crippen molar-refractivity contribution in [1.29, 1.82) is 0 Å². The highest BCUT2D eigenvalue weighted by atomic mass is 19.4. The minimum atomic E-state index is -4.56. The number of benzene rings is 2. The zero-order chi connectivity index (χ0) is 20.6. The van der Waals surface area contributed by atoms with Crippen LogP contribution in [0.25, 0.3) is 11.3 Å². The van der Waals surface area contributed by atoms with Gasteiger partial charge < -0.3 is 14.6 Å². The SMILES string of the molecule is C[C@@H]1Cc2cc(-c3cc(CC(=O)Nc4ccccc4C(F)(F)F)no3)ccc2O1. The largest absolute Gasteiger partial charge is 0.490 e. The van der Waals surface area contributed by atoms with E-state index in [4.69, 9.17) is 9.26 Å². The predicted octanol–water partition coefficient (Wildman–Crippen LogP) is 4.87. The number of fused-ring (bicyclic) bond motifs is 1. The fourth-order valence-corrected chi connectivity index (χ4v) is 3.30. The van der Waals surface area contributed by atoms with Gasteiger partial charge in [0.05, 0.1) is 23.4 Å². The lowest BCUT2D eigenvalue weighted by Gasteiger charge is -2.13. The van der Waals surface area contributed by atoms with Gasteiger partial charge in [-0.05, 0) is 42.8 Å². The van der Waals surface area contributed by atoms with Crippen molar-refractivity contribution in [3.05, 3.63) is 65.4 Å². The molecule has 0 bridgehead atoms. The van der Waals surface area contributed by atoms with Crippen molar-refractivity contribution in [2.75, 3.05) is 5.32 Å². The summed E-state index contributed by atoms with van der Waals surface area (Å²) in [6.45, 7) is 1.99. The Bertz CT molecular complexity index is 1060. The van der Waals surface area contributed by atoms with Crippen LogP contribution >= 0.6 is 0 Å². The fraction of sp³-hybridized carbons (Fsp3) is 0.238. The number of carbonyl (C=O) groups is 1. The van der Waals surface area contributed by atoms with E-state index >= 15 is 0 Å². The second-order valence-corrected chi connectivity index (χ2v) is 6.91. The molecule has 2 aromatic carbocycles. The van der Waals surface area contributed by atoms with Gasteiger partial charge in [-0.25, -0.2) is 0 Å². The zero-order valence-corrected chi connectivity index (χ0v) is 15.4. The Morgan fingerprint density at radius 3 is 2.79 bits per heavy atom. The average Bonchev–Trinajstić information content (AvgIpc) is 3.25. The molecule has 8 heteroatoms. The third-order valence-corrected chi connectivity index (χ3v) is 4.59. The number of hydrogen-bond donors (Lipinski definition) is 1. The highest BCUT2D eigenvalue weighted by Gasteiger charge is 2.33. The van der Waals surface area contributed by atoms with Gasteiger partial charge in [0.1, 0.15) is 11.9 Å². The van der Waals surface area contributed by atoms with Gasteiger partial charge in [-0.1, -0.05) is 17.3 Å². The summed E-state index contributed by atoms with van der Waals surface area (Å²) < 4.78 is 50.1. The first-order valence-corrected chi connectivity index (χ1v) is 9.01. The van der Waals surface area contributed by atoms with E-state index in [1.54, 1.807) is 6.07 Å². The number of para-hydroxylation sites is 1. The summed E-state index contributed by atoms with van der Waals surface area (Å²) in [4.78, 5) is 12.2. The van der Waals surface area contributed by atoms with Gasteiger partial charge in [0, 0.05) is 18.1 Å². The maximum absolute atomic E-state index is 13.0. The third-order valence-electron chi connectivity index (χ3n) is 4.59. The molecule has 29 heavy (non-hydrogen) atoms.